The molecule has 1 aromatic carbocycles. The first-order chi connectivity index (χ1) is 13.3. The second kappa shape index (κ2) is 8.62. The molecule has 1 aromatic heterocycles. The van der Waals surface area contributed by atoms with Gasteiger partial charge in [-0.2, -0.15) is 31.3 Å². The Labute approximate surface area is 167 Å². The molecule has 0 aliphatic heterocycles. The van der Waals surface area contributed by atoms with E-state index >= 15 is 0 Å². The molecule has 160 valence electrons. The number of alkyl halides is 6. The normalized spacial score (nSPS) is 13.5. The monoisotopic (exact) mass is 442 g/mol. The van der Waals surface area contributed by atoms with Crippen molar-refractivity contribution in [3.05, 3.63) is 40.5 Å². The Morgan fingerprint density at radius 3 is 2.24 bits per heavy atom. The van der Waals surface area contributed by atoms with Crippen molar-refractivity contribution in [2.75, 3.05) is 17.2 Å². The lowest BCUT2D eigenvalue weighted by Crippen LogP contribution is -2.30. The highest BCUT2D eigenvalue weighted by molar-refractivity contribution is 6.33. The molecule has 12 heteroatoms. The zero-order chi connectivity index (χ0) is 22.0. The van der Waals surface area contributed by atoms with Gasteiger partial charge in [-0.1, -0.05) is 31.5 Å². The first-order valence-corrected chi connectivity index (χ1v) is 8.67. The van der Waals surface area contributed by atoms with Crippen LogP contribution < -0.4 is 10.6 Å². The van der Waals surface area contributed by atoms with Crippen molar-refractivity contribution in [2.45, 2.75) is 32.2 Å². The van der Waals surface area contributed by atoms with E-state index in [9.17, 15) is 31.4 Å². The van der Waals surface area contributed by atoms with Crippen LogP contribution in [0.25, 0.3) is 0 Å². The molecule has 0 unspecified atom stereocenters. The molecular weight excluding hydrogens is 426 g/mol. The van der Waals surface area contributed by atoms with Gasteiger partial charge in [0.2, 0.25) is 5.95 Å². The molecule has 0 amide bonds. The molecule has 0 aliphatic carbocycles. The Balaban J connectivity index is 2.52. The summed E-state index contributed by atoms with van der Waals surface area (Å²) in [7, 11) is 0. The average Bonchev–Trinajstić information content (AvgIpc) is 2.59. The van der Waals surface area contributed by atoms with Crippen molar-refractivity contribution in [3.8, 4) is 0 Å². The number of nitrogens with zero attached hydrogens (tertiary/aromatic N) is 2. The molecule has 0 saturated carbocycles. The van der Waals surface area contributed by atoms with Gasteiger partial charge in [-0.05, 0) is 18.1 Å². The number of anilines is 3. The Hall–Kier alpha value is -2.27. The van der Waals surface area contributed by atoms with Crippen molar-refractivity contribution in [3.63, 3.8) is 0 Å². The summed E-state index contributed by atoms with van der Waals surface area (Å²) < 4.78 is 79.3. The third-order valence-corrected chi connectivity index (χ3v) is 4.22. The number of hydrogen-bond acceptors (Lipinski definition) is 5. The van der Waals surface area contributed by atoms with Crippen LogP contribution in [0.15, 0.2) is 24.3 Å². The standard InChI is InChI=1S/C17H17ClF6N4O/c1-8(2)11(7-29)25-15-26-12(17(22,23)24)6-13(28-15)27-14-9(16(19,20)21)4-3-5-10(14)18/h3-6,8,11,29H,7H2,1-2H3,(H2,25,26,27,28)/t11-/m0/s1. The van der Waals surface area contributed by atoms with E-state index < -0.39 is 53.7 Å². The SMILES string of the molecule is CC(C)[C@H](CO)Nc1nc(Nc2c(Cl)cccc2C(F)(F)F)cc(C(F)(F)F)n1. The van der Waals surface area contributed by atoms with Crippen LogP contribution >= 0.6 is 11.6 Å². The minimum atomic E-state index is -4.88. The van der Waals surface area contributed by atoms with E-state index in [4.69, 9.17) is 11.6 Å². The maximum atomic E-state index is 13.2. The van der Waals surface area contributed by atoms with E-state index in [1.54, 1.807) is 13.8 Å². The molecule has 3 N–H and O–H groups in total. The maximum Gasteiger partial charge on any atom is 0.433 e. The lowest BCUT2D eigenvalue weighted by molar-refractivity contribution is -0.141. The van der Waals surface area contributed by atoms with Gasteiger partial charge in [0.15, 0.2) is 5.69 Å². The largest absolute Gasteiger partial charge is 0.433 e. The Morgan fingerprint density at radius 1 is 1.07 bits per heavy atom. The first kappa shape index (κ1) is 23.0. The summed E-state index contributed by atoms with van der Waals surface area (Å²) >= 11 is 5.83. The van der Waals surface area contributed by atoms with Crippen molar-refractivity contribution in [2.24, 2.45) is 5.92 Å². The maximum absolute atomic E-state index is 13.2. The zero-order valence-corrected chi connectivity index (χ0v) is 15.9. The molecular formula is C17H17ClF6N4O. The molecule has 1 heterocycles. The molecule has 0 fully saturated rings. The number of benzene rings is 1. The molecule has 0 aliphatic rings. The van der Waals surface area contributed by atoms with Crippen LogP contribution in [0.1, 0.15) is 25.1 Å². The van der Waals surface area contributed by atoms with Crippen molar-refractivity contribution < 1.29 is 31.4 Å². The second-order valence-electron chi connectivity index (χ2n) is 6.42. The summed E-state index contributed by atoms with van der Waals surface area (Å²) in [5.41, 5.74) is -3.18. The fourth-order valence-corrected chi connectivity index (χ4v) is 2.55. The van der Waals surface area contributed by atoms with E-state index in [0.717, 1.165) is 18.2 Å². The lowest BCUT2D eigenvalue weighted by Gasteiger charge is -2.21. The van der Waals surface area contributed by atoms with Gasteiger partial charge in [-0.3, -0.25) is 0 Å². The van der Waals surface area contributed by atoms with Crippen LogP contribution in [0.2, 0.25) is 5.02 Å². The lowest BCUT2D eigenvalue weighted by atomic mass is 10.1. The summed E-state index contributed by atoms with van der Waals surface area (Å²) in [5, 5.41) is 13.8. The molecule has 1 atom stereocenters. The molecule has 0 saturated heterocycles. The van der Waals surface area contributed by atoms with Crippen LogP contribution in [0.4, 0.5) is 43.8 Å². The van der Waals surface area contributed by atoms with E-state index in [-0.39, 0.29) is 10.9 Å². The third-order valence-electron chi connectivity index (χ3n) is 3.90. The fourth-order valence-electron chi connectivity index (χ4n) is 2.33. The van der Waals surface area contributed by atoms with Gasteiger partial charge in [0.1, 0.15) is 5.82 Å². The Morgan fingerprint density at radius 2 is 1.72 bits per heavy atom. The predicted molar refractivity (Wildman–Crippen MR) is 96.1 cm³/mol. The third kappa shape index (κ3) is 5.86. The number of aliphatic hydroxyl groups excluding tert-OH is 1. The molecule has 0 radical (unpaired) electrons. The van der Waals surface area contributed by atoms with Gasteiger partial charge in [-0.15, -0.1) is 0 Å². The number of rotatable bonds is 6. The highest BCUT2D eigenvalue weighted by atomic mass is 35.5. The van der Waals surface area contributed by atoms with Gasteiger partial charge in [0.25, 0.3) is 0 Å². The Kier molecular flexibility index (Phi) is 6.84. The number of hydrogen-bond donors (Lipinski definition) is 3. The van der Waals surface area contributed by atoms with Crippen molar-refractivity contribution in [1.29, 1.82) is 0 Å². The van der Waals surface area contributed by atoms with Gasteiger partial charge < -0.3 is 15.7 Å². The predicted octanol–water partition coefficient (Wildman–Crippen LogP) is 5.34. The molecule has 29 heavy (non-hydrogen) atoms. The average molecular weight is 443 g/mol. The van der Waals surface area contributed by atoms with Gasteiger partial charge in [0, 0.05) is 6.07 Å². The number of para-hydroxylation sites is 1. The minimum absolute atomic E-state index is 0.185. The van der Waals surface area contributed by atoms with Gasteiger partial charge >= 0.3 is 12.4 Å². The summed E-state index contributed by atoms with van der Waals surface area (Å²) in [4.78, 5) is 7.16. The van der Waals surface area contributed by atoms with Crippen molar-refractivity contribution >= 4 is 29.1 Å². The fraction of sp³-hybridized carbons (Fsp3) is 0.412. The van der Waals surface area contributed by atoms with E-state index in [1.807, 2.05) is 0 Å². The summed E-state index contributed by atoms with van der Waals surface area (Å²) in [6, 6.07) is 2.76. The summed E-state index contributed by atoms with van der Waals surface area (Å²) in [6.45, 7) is 3.00. The molecule has 2 rings (SSSR count). The molecule has 2 aromatic rings. The quantitative estimate of drug-likeness (QED) is 0.527. The number of halogens is 7. The summed E-state index contributed by atoms with van der Waals surface area (Å²) in [6.07, 6.45) is -9.68. The van der Waals surface area contributed by atoms with E-state index in [2.05, 4.69) is 20.6 Å². The molecule has 0 bridgehead atoms. The minimum Gasteiger partial charge on any atom is -0.394 e. The van der Waals surface area contributed by atoms with E-state index in [0.29, 0.717) is 6.07 Å². The molecule has 0 spiro atoms. The topological polar surface area (TPSA) is 70.1 Å². The highest BCUT2D eigenvalue weighted by Crippen LogP contribution is 2.40. The summed E-state index contributed by atoms with van der Waals surface area (Å²) in [5.74, 6) is -1.24. The van der Waals surface area contributed by atoms with Crippen LogP contribution in [0, 0.1) is 5.92 Å². The van der Waals surface area contributed by atoms with Crippen LogP contribution in [-0.2, 0) is 12.4 Å². The van der Waals surface area contributed by atoms with E-state index in [1.165, 1.54) is 0 Å². The first-order valence-electron chi connectivity index (χ1n) is 8.29. The van der Waals surface area contributed by atoms with Gasteiger partial charge in [-0.25, -0.2) is 4.98 Å². The smallest absolute Gasteiger partial charge is 0.394 e. The zero-order valence-electron chi connectivity index (χ0n) is 15.2. The van der Waals surface area contributed by atoms with Crippen LogP contribution in [-0.4, -0.2) is 27.7 Å². The van der Waals surface area contributed by atoms with Crippen molar-refractivity contribution in [1.82, 2.24) is 9.97 Å². The molecule has 5 nitrogen and oxygen atoms in total. The number of aliphatic hydroxyl groups is 1. The number of nitrogens with one attached hydrogen (secondary N) is 2. The Bertz CT molecular complexity index is 857. The van der Waals surface area contributed by atoms with Crippen LogP contribution in [0.5, 0.6) is 0 Å². The highest BCUT2D eigenvalue weighted by Gasteiger charge is 2.36. The number of aromatic nitrogens is 2. The van der Waals surface area contributed by atoms with Crippen LogP contribution in [0.3, 0.4) is 0 Å². The van der Waals surface area contributed by atoms with Gasteiger partial charge in [0.05, 0.1) is 28.9 Å². The second-order valence-corrected chi connectivity index (χ2v) is 6.83.